The molecule has 2 heterocycles. The molecule has 0 bridgehead atoms. The van der Waals surface area contributed by atoms with Crippen molar-refractivity contribution < 1.29 is 18.1 Å². The quantitative estimate of drug-likeness (QED) is 0.196. The van der Waals surface area contributed by atoms with Gasteiger partial charge in [-0.25, -0.2) is 12.4 Å². The highest BCUT2D eigenvalue weighted by Crippen LogP contribution is 2.28. The number of hydrogen-bond acceptors (Lipinski definition) is 6. The Balaban J connectivity index is 1.80. The Bertz CT molecular complexity index is 1440. The highest BCUT2D eigenvalue weighted by Gasteiger charge is 2.22. The Morgan fingerprint density at radius 3 is 2.52 bits per heavy atom. The molecule has 0 unspecified atom stereocenters. The first-order valence-electron chi connectivity index (χ1n) is 9.10. The van der Waals surface area contributed by atoms with Gasteiger partial charge in [0.1, 0.15) is 0 Å². The molecule has 9 heteroatoms. The second-order valence-electron chi connectivity index (χ2n) is 6.59. The van der Waals surface area contributed by atoms with Gasteiger partial charge in [0.05, 0.1) is 15.3 Å². The van der Waals surface area contributed by atoms with Crippen LogP contribution in [0.1, 0.15) is 15.9 Å². The average Bonchev–Trinajstić information content (AvgIpc) is 3.17. The monoisotopic (exact) mass is 433 g/mol. The van der Waals surface area contributed by atoms with Crippen LogP contribution < -0.4 is 0 Å². The smallest absolute Gasteiger partial charge is 0.270 e. The first kappa shape index (κ1) is 20.2. The van der Waals surface area contributed by atoms with Crippen LogP contribution >= 0.6 is 0 Å². The molecule has 0 amide bonds. The third kappa shape index (κ3) is 3.86. The number of ketones is 1. The zero-order chi connectivity index (χ0) is 22.0. The lowest BCUT2D eigenvalue weighted by atomic mass is 10.1. The lowest BCUT2D eigenvalue weighted by Gasteiger charge is -2.07. The molecule has 154 valence electrons. The molecule has 2 aromatic heterocycles. The van der Waals surface area contributed by atoms with Crippen molar-refractivity contribution in [2.24, 2.45) is 0 Å². The number of nitro benzene ring substituents is 1. The van der Waals surface area contributed by atoms with Crippen LogP contribution in [0.15, 0.2) is 90.2 Å². The van der Waals surface area contributed by atoms with Crippen LogP contribution in [0.4, 0.5) is 5.69 Å². The predicted octanol–water partition coefficient (Wildman–Crippen LogP) is 4.08. The maximum Gasteiger partial charge on any atom is 0.270 e. The minimum absolute atomic E-state index is 0.203. The van der Waals surface area contributed by atoms with Gasteiger partial charge in [-0.05, 0) is 36.4 Å². The molecule has 0 N–H and O–H groups in total. The standard InChI is InChI=1S/C22H15N3O5S/c26-22(16-10-12-23-13-11-16)9-8-17-15-24(21-7-2-1-6-20(17)21)31(29,30)19-5-3-4-18(14-19)25(27)28/h1-15H/b9-8+. The summed E-state index contributed by atoms with van der Waals surface area (Å²) in [5.41, 5.74) is 1.05. The Kier molecular flexibility index (Phi) is 5.18. The zero-order valence-electron chi connectivity index (χ0n) is 16.0. The summed E-state index contributed by atoms with van der Waals surface area (Å²) in [5.74, 6) is -0.249. The highest BCUT2D eigenvalue weighted by molar-refractivity contribution is 7.90. The molecule has 0 atom stereocenters. The summed E-state index contributed by atoms with van der Waals surface area (Å²) in [7, 11) is -4.11. The maximum absolute atomic E-state index is 13.2. The van der Waals surface area contributed by atoms with E-state index in [2.05, 4.69) is 4.98 Å². The maximum atomic E-state index is 13.2. The summed E-state index contributed by atoms with van der Waals surface area (Å²) in [6.45, 7) is 0. The molecular weight excluding hydrogens is 418 g/mol. The number of non-ortho nitro benzene ring substituents is 1. The predicted molar refractivity (Wildman–Crippen MR) is 115 cm³/mol. The van der Waals surface area contributed by atoms with E-state index in [0.717, 1.165) is 10.0 Å². The van der Waals surface area contributed by atoms with Crippen molar-refractivity contribution in [3.63, 3.8) is 0 Å². The number of carbonyl (C=O) groups is 1. The lowest BCUT2D eigenvalue weighted by Crippen LogP contribution is -2.12. The second-order valence-corrected chi connectivity index (χ2v) is 8.41. The number of fused-ring (bicyclic) bond motifs is 1. The number of benzene rings is 2. The zero-order valence-corrected chi connectivity index (χ0v) is 16.8. The Hall–Kier alpha value is -4.11. The fourth-order valence-corrected chi connectivity index (χ4v) is 4.57. The molecule has 8 nitrogen and oxygen atoms in total. The number of hydrogen-bond donors (Lipinski definition) is 0. The van der Waals surface area contributed by atoms with E-state index in [9.17, 15) is 23.3 Å². The van der Waals surface area contributed by atoms with Crippen molar-refractivity contribution in [3.05, 3.63) is 107 Å². The van der Waals surface area contributed by atoms with Gasteiger partial charge in [0.2, 0.25) is 0 Å². The largest absolute Gasteiger partial charge is 0.289 e. The topological polar surface area (TPSA) is 112 Å². The summed E-state index contributed by atoms with van der Waals surface area (Å²) < 4.78 is 27.5. The fraction of sp³-hybridized carbons (Fsp3) is 0. The molecule has 0 aliphatic rings. The van der Waals surface area contributed by atoms with E-state index >= 15 is 0 Å². The molecule has 0 fully saturated rings. The number of nitro groups is 1. The molecule has 4 aromatic rings. The van der Waals surface area contributed by atoms with Gasteiger partial charge >= 0.3 is 0 Å². The van der Waals surface area contributed by atoms with E-state index in [1.54, 1.807) is 42.5 Å². The van der Waals surface area contributed by atoms with Crippen molar-refractivity contribution in [3.8, 4) is 0 Å². The molecule has 0 saturated carbocycles. The van der Waals surface area contributed by atoms with Gasteiger partial charge in [0, 0.05) is 47.2 Å². The number of nitrogens with zero attached hydrogens (tertiary/aromatic N) is 3. The Morgan fingerprint density at radius 2 is 1.77 bits per heavy atom. The third-order valence-corrected chi connectivity index (χ3v) is 6.34. The molecule has 31 heavy (non-hydrogen) atoms. The van der Waals surface area contributed by atoms with Crippen molar-refractivity contribution in [1.29, 1.82) is 0 Å². The molecule has 0 radical (unpaired) electrons. The SMILES string of the molecule is O=C(/C=C/c1cn(S(=O)(=O)c2cccc([N+](=O)[O-])c2)c2ccccc12)c1ccncc1. The lowest BCUT2D eigenvalue weighted by molar-refractivity contribution is -0.385. The summed E-state index contributed by atoms with van der Waals surface area (Å²) in [5, 5.41) is 11.7. The number of aromatic nitrogens is 2. The van der Waals surface area contributed by atoms with Crippen molar-refractivity contribution >= 4 is 38.5 Å². The van der Waals surface area contributed by atoms with Crippen LogP contribution in [-0.4, -0.2) is 28.1 Å². The fourth-order valence-electron chi connectivity index (χ4n) is 3.16. The van der Waals surface area contributed by atoms with Gasteiger partial charge in [0.25, 0.3) is 15.7 Å². The first-order valence-corrected chi connectivity index (χ1v) is 10.5. The number of rotatable bonds is 6. The molecular formula is C22H15N3O5S. The van der Waals surface area contributed by atoms with Crippen LogP contribution in [0.5, 0.6) is 0 Å². The minimum atomic E-state index is -4.11. The van der Waals surface area contributed by atoms with E-state index in [0.29, 0.717) is 22.0 Å². The molecule has 0 saturated heterocycles. The van der Waals surface area contributed by atoms with Crippen molar-refractivity contribution in [1.82, 2.24) is 8.96 Å². The van der Waals surface area contributed by atoms with Gasteiger partial charge in [-0.1, -0.05) is 24.3 Å². The first-order chi connectivity index (χ1) is 14.9. The van der Waals surface area contributed by atoms with Gasteiger partial charge in [-0.2, -0.15) is 0 Å². The van der Waals surface area contributed by atoms with Gasteiger partial charge in [-0.15, -0.1) is 0 Å². The van der Waals surface area contributed by atoms with Gasteiger partial charge in [0.15, 0.2) is 5.78 Å². The minimum Gasteiger partial charge on any atom is -0.289 e. The Morgan fingerprint density at radius 1 is 1.03 bits per heavy atom. The van der Waals surface area contributed by atoms with Crippen LogP contribution in [-0.2, 0) is 10.0 Å². The van der Waals surface area contributed by atoms with E-state index in [4.69, 9.17) is 0 Å². The normalized spacial score (nSPS) is 11.7. The molecule has 2 aromatic carbocycles. The van der Waals surface area contributed by atoms with E-state index < -0.39 is 14.9 Å². The highest BCUT2D eigenvalue weighted by atomic mass is 32.2. The number of carbonyl (C=O) groups excluding carboxylic acids is 1. The second kappa shape index (κ2) is 7.96. The summed E-state index contributed by atoms with van der Waals surface area (Å²) in [6, 6.07) is 14.9. The average molecular weight is 433 g/mol. The van der Waals surface area contributed by atoms with E-state index in [1.807, 2.05) is 0 Å². The molecule has 0 aliphatic heterocycles. The van der Waals surface area contributed by atoms with E-state index in [1.165, 1.54) is 42.9 Å². The molecule has 4 rings (SSSR count). The number of allylic oxidation sites excluding steroid dienone is 1. The van der Waals surface area contributed by atoms with Crippen molar-refractivity contribution in [2.75, 3.05) is 0 Å². The molecule has 0 spiro atoms. The summed E-state index contributed by atoms with van der Waals surface area (Å²) >= 11 is 0. The van der Waals surface area contributed by atoms with Crippen LogP contribution in [0.2, 0.25) is 0 Å². The molecule has 0 aliphatic carbocycles. The van der Waals surface area contributed by atoms with Crippen molar-refractivity contribution in [2.45, 2.75) is 4.90 Å². The Labute approximate surface area is 177 Å². The van der Waals surface area contributed by atoms with Crippen LogP contribution in [0.25, 0.3) is 17.0 Å². The van der Waals surface area contributed by atoms with Crippen LogP contribution in [0.3, 0.4) is 0 Å². The van der Waals surface area contributed by atoms with Gasteiger partial charge in [-0.3, -0.25) is 19.9 Å². The van der Waals surface area contributed by atoms with Gasteiger partial charge < -0.3 is 0 Å². The number of para-hydroxylation sites is 1. The van der Waals surface area contributed by atoms with Crippen LogP contribution in [0, 0.1) is 10.1 Å². The van der Waals surface area contributed by atoms with E-state index in [-0.39, 0.29) is 16.4 Å². The third-order valence-electron chi connectivity index (χ3n) is 4.67. The number of pyridine rings is 1. The summed E-state index contributed by atoms with van der Waals surface area (Å²) in [6.07, 6.45) is 7.33. The summed E-state index contributed by atoms with van der Waals surface area (Å²) in [4.78, 5) is 26.5.